The number of para-hydroxylation sites is 1. The predicted octanol–water partition coefficient (Wildman–Crippen LogP) is 2.82. The number of amides is 2. The topological polar surface area (TPSA) is 80.3 Å². The highest BCUT2D eigenvalue weighted by Gasteiger charge is 2.08. The third-order valence-corrected chi connectivity index (χ3v) is 2.78. The number of benzene rings is 1. The molecular weight excluding hydrogens is 282 g/mol. The van der Waals surface area contributed by atoms with Crippen LogP contribution in [0.25, 0.3) is 10.9 Å². The van der Waals surface area contributed by atoms with E-state index in [0.29, 0.717) is 17.0 Å². The van der Waals surface area contributed by atoms with Crippen LogP contribution < -0.4 is 10.6 Å². The van der Waals surface area contributed by atoms with E-state index in [4.69, 9.17) is 4.74 Å². The van der Waals surface area contributed by atoms with Gasteiger partial charge in [0, 0.05) is 18.1 Å². The molecule has 1 heterocycles. The Morgan fingerprint density at radius 3 is 2.82 bits per heavy atom. The van der Waals surface area contributed by atoms with Crippen molar-refractivity contribution in [1.29, 1.82) is 0 Å². The Hall–Kier alpha value is -2.89. The number of hydrogen-bond acceptors (Lipinski definition) is 4. The summed E-state index contributed by atoms with van der Waals surface area (Å²) in [7, 11) is 0. The number of fused-ring (bicyclic) bond motifs is 1. The van der Waals surface area contributed by atoms with E-state index in [9.17, 15) is 9.59 Å². The van der Waals surface area contributed by atoms with Crippen LogP contribution in [0.3, 0.4) is 0 Å². The first-order chi connectivity index (χ1) is 10.6. The molecule has 1 aromatic carbocycles. The van der Waals surface area contributed by atoms with Gasteiger partial charge in [-0.3, -0.25) is 9.78 Å². The molecule has 114 valence electrons. The van der Waals surface area contributed by atoms with Gasteiger partial charge in [0.2, 0.25) is 0 Å². The molecule has 2 aromatic rings. The van der Waals surface area contributed by atoms with Gasteiger partial charge in [0.15, 0.2) is 0 Å². The zero-order chi connectivity index (χ0) is 15.9. The smallest absolute Gasteiger partial charge is 0.319 e. The first-order valence-electron chi connectivity index (χ1n) is 6.81. The summed E-state index contributed by atoms with van der Waals surface area (Å²) in [5, 5.41) is 6.24. The van der Waals surface area contributed by atoms with Crippen molar-refractivity contribution >= 4 is 28.6 Å². The molecule has 0 saturated heterocycles. The highest BCUT2D eigenvalue weighted by atomic mass is 16.5. The van der Waals surface area contributed by atoms with E-state index >= 15 is 0 Å². The minimum Gasteiger partial charge on any atom is -0.432 e. The number of esters is 1. The van der Waals surface area contributed by atoms with Crippen molar-refractivity contribution in [3.63, 3.8) is 0 Å². The summed E-state index contributed by atoms with van der Waals surface area (Å²) < 4.78 is 4.79. The van der Waals surface area contributed by atoms with Gasteiger partial charge in [-0.1, -0.05) is 24.8 Å². The number of allylic oxidation sites excluding steroid dienone is 1. The van der Waals surface area contributed by atoms with Crippen LogP contribution in [0.15, 0.2) is 48.9 Å². The van der Waals surface area contributed by atoms with Gasteiger partial charge >= 0.3 is 12.0 Å². The van der Waals surface area contributed by atoms with Crippen LogP contribution in [0, 0.1) is 0 Å². The van der Waals surface area contributed by atoms with Gasteiger partial charge < -0.3 is 15.4 Å². The maximum atomic E-state index is 11.8. The average molecular weight is 299 g/mol. The number of rotatable bonds is 5. The average Bonchev–Trinajstić information content (AvgIpc) is 2.47. The lowest BCUT2D eigenvalue weighted by Gasteiger charge is -2.09. The maximum absolute atomic E-state index is 11.8. The number of carbonyl (C=O) groups is 2. The van der Waals surface area contributed by atoms with Crippen molar-refractivity contribution < 1.29 is 14.3 Å². The zero-order valence-electron chi connectivity index (χ0n) is 12.3. The predicted molar refractivity (Wildman–Crippen MR) is 84.3 cm³/mol. The Morgan fingerprint density at radius 2 is 2.05 bits per heavy atom. The molecule has 0 radical (unpaired) electrons. The third kappa shape index (κ3) is 4.31. The monoisotopic (exact) mass is 299 g/mol. The standard InChI is InChI=1S/C16H17N3O3/c1-11(2)22-14(20)8-10-18-16(21)19-13-7-3-5-12-6-4-9-17-15(12)13/h3-7,9H,1,8,10H2,2H3,(H2,18,19,21). The van der Waals surface area contributed by atoms with Crippen molar-refractivity contribution in [1.82, 2.24) is 10.3 Å². The molecule has 0 atom stereocenters. The molecule has 0 fully saturated rings. The minimum absolute atomic E-state index is 0.0774. The van der Waals surface area contributed by atoms with Crippen molar-refractivity contribution in [2.75, 3.05) is 11.9 Å². The fourth-order valence-electron chi connectivity index (χ4n) is 1.90. The summed E-state index contributed by atoms with van der Waals surface area (Å²) in [4.78, 5) is 27.4. The maximum Gasteiger partial charge on any atom is 0.319 e. The SMILES string of the molecule is C=C(C)OC(=O)CCNC(=O)Nc1cccc2cccnc12. The molecule has 0 spiro atoms. The number of anilines is 1. The van der Waals surface area contributed by atoms with Crippen LogP contribution in [-0.4, -0.2) is 23.5 Å². The van der Waals surface area contributed by atoms with Crippen LogP contribution in [-0.2, 0) is 9.53 Å². The molecule has 2 amide bonds. The molecule has 0 aliphatic carbocycles. The number of nitrogens with one attached hydrogen (secondary N) is 2. The summed E-state index contributed by atoms with van der Waals surface area (Å²) in [6.45, 7) is 5.24. The summed E-state index contributed by atoms with van der Waals surface area (Å²) in [6, 6.07) is 8.87. The largest absolute Gasteiger partial charge is 0.432 e. The van der Waals surface area contributed by atoms with Gasteiger partial charge in [0.05, 0.1) is 23.4 Å². The first-order valence-corrected chi connectivity index (χ1v) is 6.81. The van der Waals surface area contributed by atoms with Crippen molar-refractivity contribution in [3.8, 4) is 0 Å². The van der Waals surface area contributed by atoms with E-state index in [2.05, 4.69) is 22.2 Å². The fraction of sp³-hybridized carbons (Fsp3) is 0.188. The van der Waals surface area contributed by atoms with E-state index in [1.807, 2.05) is 24.3 Å². The molecule has 1 aromatic heterocycles. The molecule has 2 N–H and O–H groups in total. The van der Waals surface area contributed by atoms with Crippen LogP contribution in [0.2, 0.25) is 0 Å². The normalized spacial score (nSPS) is 10.0. The van der Waals surface area contributed by atoms with E-state index in [1.54, 1.807) is 19.2 Å². The van der Waals surface area contributed by atoms with Crippen LogP contribution in [0.5, 0.6) is 0 Å². The van der Waals surface area contributed by atoms with Crippen LogP contribution in [0.4, 0.5) is 10.5 Å². The lowest BCUT2D eigenvalue weighted by molar-refractivity contribution is -0.139. The van der Waals surface area contributed by atoms with Crippen molar-refractivity contribution in [2.24, 2.45) is 0 Å². The number of nitrogens with zero attached hydrogens (tertiary/aromatic N) is 1. The second-order valence-electron chi connectivity index (χ2n) is 4.69. The van der Waals surface area contributed by atoms with Crippen LogP contribution >= 0.6 is 0 Å². The molecule has 0 bridgehead atoms. The van der Waals surface area contributed by atoms with E-state index in [1.165, 1.54) is 0 Å². The van der Waals surface area contributed by atoms with Gasteiger partial charge in [0.25, 0.3) is 0 Å². The van der Waals surface area contributed by atoms with E-state index < -0.39 is 12.0 Å². The Morgan fingerprint density at radius 1 is 1.27 bits per heavy atom. The molecule has 0 aliphatic heterocycles. The second kappa shape index (κ2) is 7.21. The van der Waals surface area contributed by atoms with Crippen molar-refractivity contribution in [2.45, 2.75) is 13.3 Å². The number of hydrogen-bond donors (Lipinski definition) is 2. The van der Waals surface area contributed by atoms with E-state index in [0.717, 1.165) is 5.39 Å². The van der Waals surface area contributed by atoms with Gasteiger partial charge in [-0.25, -0.2) is 4.79 Å². The molecule has 6 heteroatoms. The Labute approximate surface area is 128 Å². The van der Waals surface area contributed by atoms with Gasteiger partial charge in [-0.05, 0) is 19.1 Å². The quantitative estimate of drug-likeness (QED) is 0.657. The molecule has 2 rings (SSSR count). The van der Waals surface area contributed by atoms with Gasteiger partial charge in [0.1, 0.15) is 0 Å². The number of aromatic nitrogens is 1. The minimum atomic E-state index is -0.431. The highest BCUT2D eigenvalue weighted by molar-refractivity contribution is 5.99. The number of ether oxygens (including phenoxy) is 1. The van der Waals surface area contributed by atoms with Crippen LogP contribution in [0.1, 0.15) is 13.3 Å². The summed E-state index contributed by atoms with van der Waals surface area (Å²) in [6.07, 6.45) is 1.74. The Bertz CT molecular complexity index is 707. The molecule has 0 unspecified atom stereocenters. The van der Waals surface area contributed by atoms with Gasteiger partial charge in [-0.2, -0.15) is 0 Å². The summed E-state index contributed by atoms with van der Waals surface area (Å²) in [5.74, 6) is -0.101. The number of pyridine rings is 1. The second-order valence-corrected chi connectivity index (χ2v) is 4.69. The number of carbonyl (C=O) groups excluding carboxylic acids is 2. The molecular formula is C16H17N3O3. The summed E-state index contributed by atoms with van der Waals surface area (Å²) >= 11 is 0. The van der Waals surface area contributed by atoms with Gasteiger partial charge in [-0.15, -0.1) is 0 Å². The number of urea groups is 1. The van der Waals surface area contributed by atoms with Crippen molar-refractivity contribution in [3.05, 3.63) is 48.9 Å². The highest BCUT2D eigenvalue weighted by Crippen LogP contribution is 2.20. The Kier molecular flexibility index (Phi) is 5.08. The fourth-order valence-corrected chi connectivity index (χ4v) is 1.90. The lowest BCUT2D eigenvalue weighted by Crippen LogP contribution is -2.30. The lowest BCUT2D eigenvalue weighted by atomic mass is 10.2. The third-order valence-electron chi connectivity index (χ3n) is 2.78. The zero-order valence-corrected chi connectivity index (χ0v) is 12.3. The molecule has 0 aliphatic rings. The molecule has 6 nitrogen and oxygen atoms in total. The summed E-state index contributed by atoms with van der Waals surface area (Å²) in [5.41, 5.74) is 1.32. The Balaban J connectivity index is 1.89. The molecule has 22 heavy (non-hydrogen) atoms. The first kappa shape index (κ1) is 15.5. The van der Waals surface area contributed by atoms with E-state index in [-0.39, 0.29) is 13.0 Å². The molecule has 0 saturated carbocycles.